The van der Waals surface area contributed by atoms with Gasteiger partial charge in [-0.2, -0.15) is 0 Å². The molecule has 0 aromatic heterocycles. The average molecular weight is 331 g/mol. The van der Waals surface area contributed by atoms with Crippen molar-refractivity contribution < 1.29 is 13.9 Å². The van der Waals surface area contributed by atoms with E-state index in [-0.39, 0.29) is 11.7 Å². The van der Waals surface area contributed by atoms with Crippen LogP contribution >= 0.6 is 11.8 Å². The zero-order chi connectivity index (χ0) is 16.1. The van der Waals surface area contributed by atoms with E-state index in [4.69, 9.17) is 4.74 Å². The lowest BCUT2D eigenvalue weighted by Gasteiger charge is -2.19. The summed E-state index contributed by atoms with van der Waals surface area (Å²) in [6.07, 6.45) is 0. The minimum absolute atomic E-state index is 0.0617. The Balaban J connectivity index is 1.57. The van der Waals surface area contributed by atoms with Gasteiger partial charge in [-0.05, 0) is 23.8 Å². The molecular formula is C18H18FNO2S. The largest absolute Gasteiger partial charge is 0.491 e. The molecule has 0 N–H and O–H groups in total. The fourth-order valence-electron chi connectivity index (χ4n) is 2.50. The second kappa shape index (κ2) is 7.51. The van der Waals surface area contributed by atoms with E-state index in [1.165, 1.54) is 17.7 Å². The molecule has 1 aliphatic rings. The topological polar surface area (TPSA) is 29.5 Å². The van der Waals surface area contributed by atoms with E-state index in [9.17, 15) is 9.18 Å². The highest BCUT2D eigenvalue weighted by Crippen LogP contribution is 2.24. The Labute approximate surface area is 139 Å². The SMILES string of the molecule is O=C(CSCc1ccccc1)N1CCOc2ccc(F)cc2C1. The Hall–Kier alpha value is -2.01. The molecule has 2 aromatic rings. The smallest absolute Gasteiger partial charge is 0.232 e. The number of thioether (sulfide) groups is 1. The summed E-state index contributed by atoms with van der Waals surface area (Å²) < 4.78 is 19.0. The van der Waals surface area contributed by atoms with Crippen LogP contribution in [0.4, 0.5) is 4.39 Å². The lowest BCUT2D eigenvalue weighted by molar-refractivity contribution is -0.129. The molecule has 0 bridgehead atoms. The van der Waals surface area contributed by atoms with Crippen molar-refractivity contribution >= 4 is 17.7 Å². The van der Waals surface area contributed by atoms with Gasteiger partial charge < -0.3 is 9.64 Å². The van der Waals surface area contributed by atoms with Gasteiger partial charge in [0.05, 0.1) is 12.3 Å². The highest BCUT2D eigenvalue weighted by molar-refractivity contribution is 7.99. The molecule has 1 aliphatic heterocycles. The molecule has 23 heavy (non-hydrogen) atoms. The van der Waals surface area contributed by atoms with Crippen molar-refractivity contribution in [1.82, 2.24) is 4.90 Å². The molecule has 0 atom stereocenters. The number of hydrogen-bond donors (Lipinski definition) is 0. The molecule has 0 unspecified atom stereocenters. The predicted molar refractivity (Wildman–Crippen MR) is 89.9 cm³/mol. The summed E-state index contributed by atoms with van der Waals surface area (Å²) in [6.45, 7) is 1.37. The summed E-state index contributed by atoms with van der Waals surface area (Å²) in [4.78, 5) is 14.1. The molecule has 1 heterocycles. The first-order chi connectivity index (χ1) is 11.2. The van der Waals surface area contributed by atoms with Crippen LogP contribution in [0.15, 0.2) is 48.5 Å². The van der Waals surface area contributed by atoms with Gasteiger partial charge in [0.25, 0.3) is 0 Å². The molecule has 0 saturated heterocycles. The minimum atomic E-state index is -0.305. The molecule has 0 saturated carbocycles. The quantitative estimate of drug-likeness (QED) is 0.859. The lowest BCUT2D eigenvalue weighted by atomic mass is 10.2. The van der Waals surface area contributed by atoms with Gasteiger partial charge in [-0.1, -0.05) is 30.3 Å². The summed E-state index contributed by atoms with van der Waals surface area (Å²) in [7, 11) is 0. The van der Waals surface area contributed by atoms with Gasteiger partial charge in [0.2, 0.25) is 5.91 Å². The zero-order valence-electron chi connectivity index (χ0n) is 12.7. The summed E-state index contributed by atoms with van der Waals surface area (Å²) in [5.41, 5.74) is 1.93. The number of fused-ring (bicyclic) bond motifs is 1. The fraction of sp³-hybridized carbons (Fsp3) is 0.278. The summed E-state index contributed by atoms with van der Waals surface area (Å²) in [5, 5.41) is 0. The van der Waals surface area contributed by atoms with E-state index in [0.717, 1.165) is 11.3 Å². The number of hydrogen-bond acceptors (Lipinski definition) is 3. The van der Waals surface area contributed by atoms with Crippen molar-refractivity contribution in [3.8, 4) is 5.75 Å². The molecule has 2 aromatic carbocycles. The standard InChI is InChI=1S/C18H18FNO2S/c19-16-6-7-17-15(10-16)11-20(8-9-22-17)18(21)13-23-12-14-4-2-1-3-5-14/h1-7,10H,8-9,11-13H2. The molecular weight excluding hydrogens is 313 g/mol. The van der Waals surface area contributed by atoms with Gasteiger partial charge in [0.1, 0.15) is 18.2 Å². The predicted octanol–water partition coefficient (Wildman–Crippen LogP) is 3.48. The van der Waals surface area contributed by atoms with E-state index < -0.39 is 0 Å². The Kier molecular flexibility index (Phi) is 5.18. The number of rotatable bonds is 4. The second-order valence-electron chi connectivity index (χ2n) is 5.39. The van der Waals surface area contributed by atoms with E-state index >= 15 is 0 Å². The molecule has 0 fully saturated rings. The zero-order valence-corrected chi connectivity index (χ0v) is 13.5. The van der Waals surface area contributed by atoms with Gasteiger partial charge >= 0.3 is 0 Å². The first-order valence-electron chi connectivity index (χ1n) is 7.53. The third-order valence-electron chi connectivity index (χ3n) is 3.69. The van der Waals surface area contributed by atoms with Crippen molar-refractivity contribution in [3.05, 3.63) is 65.5 Å². The van der Waals surface area contributed by atoms with Gasteiger partial charge in [0, 0.05) is 17.9 Å². The molecule has 120 valence electrons. The number of halogens is 1. The van der Waals surface area contributed by atoms with E-state index in [1.54, 1.807) is 22.7 Å². The van der Waals surface area contributed by atoms with Crippen LogP contribution in [0.25, 0.3) is 0 Å². The number of amides is 1. The Bertz CT molecular complexity index is 678. The van der Waals surface area contributed by atoms with Crippen LogP contribution in [0.5, 0.6) is 5.75 Å². The molecule has 0 radical (unpaired) electrons. The number of ether oxygens (including phenoxy) is 1. The van der Waals surface area contributed by atoms with Crippen LogP contribution in [-0.2, 0) is 17.1 Å². The molecule has 0 aliphatic carbocycles. The van der Waals surface area contributed by atoms with Gasteiger partial charge in [-0.25, -0.2) is 4.39 Å². The monoisotopic (exact) mass is 331 g/mol. The highest BCUT2D eigenvalue weighted by Gasteiger charge is 2.20. The molecule has 3 nitrogen and oxygen atoms in total. The number of nitrogens with zero attached hydrogens (tertiary/aromatic N) is 1. The first kappa shape index (κ1) is 15.9. The van der Waals surface area contributed by atoms with Crippen LogP contribution < -0.4 is 4.74 Å². The highest BCUT2D eigenvalue weighted by atomic mass is 32.2. The number of benzene rings is 2. The molecule has 3 rings (SSSR count). The maximum atomic E-state index is 13.4. The average Bonchev–Trinajstić information content (AvgIpc) is 2.77. The van der Waals surface area contributed by atoms with Crippen molar-refractivity contribution in [1.29, 1.82) is 0 Å². The van der Waals surface area contributed by atoms with Crippen LogP contribution in [0.2, 0.25) is 0 Å². The van der Waals surface area contributed by atoms with Crippen molar-refractivity contribution in [3.63, 3.8) is 0 Å². The van der Waals surface area contributed by atoms with Crippen LogP contribution in [-0.4, -0.2) is 29.7 Å². The number of carbonyl (C=O) groups is 1. The first-order valence-corrected chi connectivity index (χ1v) is 8.68. The third kappa shape index (κ3) is 4.26. The Morgan fingerprint density at radius 1 is 1.22 bits per heavy atom. The Morgan fingerprint density at radius 2 is 2.04 bits per heavy atom. The molecule has 0 spiro atoms. The summed E-state index contributed by atoms with van der Waals surface area (Å²) >= 11 is 1.59. The van der Waals surface area contributed by atoms with Gasteiger partial charge in [-0.3, -0.25) is 4.79 Å². The van der Waals surface area contributed by atoms with Gasteiger partial charge in [0.15, 0.2) is 0 Å². The normalized spacial score (nSPS) is 13.9. The second-order valence-corrected chi connectivity index (χ2v) is 6.38. The summed E-state index contributed by atoms with van der Waals surface area (Å²) in [5.74, 6) is 1.65. The summed E-state index contributed by atoms with van der Waals surface area (Å²) in [6, 6.07) is 14.5. The van der Waals surface area contributed by atoms with Crippen molar-refractivity contribution in [2.24, 2.45) is 0 Å². The van der Waals surface area contributed by atoms with Crippen molar-refractivity contribution in [2.45, 2.75) is 12.3 Å². The van der Waals surface area contributed by atoms with Crippen molar-refractivity contribution in [2.75, 3.05) is 18.9 Å². The molecule has 1 amide bonds. The molecule has 5 heteroatoms. The maximum Gasteiger partial charge on any atom is 0.232 e. The lowest BCUT2D eigenvalue weighted by Crippen LogP contribution is -2.33. The van der Waals surface area contributed by atoms with E-state index in [2.05, 4.69) is 12.1 Å². The fourth-order valence-corrected chi connectivity index (χ4v) is 3.38. The van der Waals surface area contributed by atoms with Crippen LogP contribution in [0.3, 0.4) is 0 Å². The third-order valence-corrected chi connectivity index (χ3v) is 4.68. The minimum Gasteiger partial charge on any atom is -0.491 e. The van der Waals surface area contributed by atoms with E-state index in [0.29, 0.717) is 31.2 Å². The van der Waals surface area contributed by atoms with Gasteiger partial charge in [-0.15, -0.1) is 11.8 Å². The Morgan fingerprint density at radius 3 is 2.87 bits per heavy atom. The van der Waals surface area contributed by atoms with Crippen LogP contribution in [0.1, 0.15) is 11.1 Å². The van der Waals surface area contributed by atoms with E-state index in [1.807, 2.05) is 18.2 Å². The van der Waals surface area contributed by atoms with Crippen LogP contribution in [0, 0.1) is 5.82 Å². The maximum absolute atomic E-state index is 13.4. The number of carbonyl (C=O) groups excluding carboxylic acids is 1.